The van der Waals surface area contributed by atoms with Crippen LogP contribution in [0.1, 0.15) is 258 Å². The molecule has 0 fully saturated rings. The van der Waals surface area contributed by atoms with Crippen LogP contribution in [0.2, 0.25) is 0 Å². The molecule has 0 aliphatic carbocycles. The van der Waals surface area contributed by atoms with Crippen molar-refractivity contribution in [2.75, 3.05) is 47.5 Å². The second-order valence-electron chi connectivity index (χ2n) is 22.7. The van der Waals surface area contributed by atoms with Crippen molar-refractivity contribution in [3.63, 3.8) is 0 Å². The lowest BCUT2D eigenvalue weighted by molar-refractivity contribution is -0.870. The van der Waals surface area contributed by atoms with Gasteiger partial charge in [0.05, 0.1) is 27.7 Å². The molecule has 0 aromatic rings. The molecule has 0 rings (SSSR count). The largest absolute Gasteiger partial charge is 0.756 e. The van der Waals surface area contributed by atoms with Gasteiger partial charge >= 0.3 is 11.9 Å². The zero-order chi connectivity index (χ0) is 59.8. The standard InChI is InChI=1S/C72H122NO8P/c1-6-8-10-12-14-16-18-20-22-24-26-28-29-30-31-32-33-34-35-36-37-38-39-40-41-42-43-45-47-49-51-53-55-57-59-61-63-65-72(75)81-70(69-80-82(76,77)79-67-66-73(3,4)5)68-78-71(74)64-62-60-58-56-54-52-50-48-46-44-27-25-23-21-19-17-15-13-11-9-7-2/h8,10,14,16,19-22,25-28,30-31,33-34,36-37,39-40,46,48,70H,6-7,9,11-13,15,17-18,23-24,29,32,35,38,41-45,47,49-69H2,1-5H3/b10-8-,16-14-,21-19-,22-20-,27-25-,28-26-,31-30-,34-33-,37-36-,40-39-,48-46-. The Morgan fingerprint density at radius 2 is 0.695 bits per heavy atom. The number of carbonyl (C=O) groups excluding carboxylic acids is 2. The molecule has 10 heteroatoms. The summed E-state index contributed by atoms with van der Waals surface area (Å²) in [5.41, 5.74) is 0. The van der Waals surface area contributed by atoms with Crippen molar-refractivity contribution in [1.29, 1.82) is 0 Å². The molecule has 0 aliphatic rings. The minimum absolute atomic E-state index is 0.0395. The second-order valence-corrected chi connectivity index (χ2v) is 24.2. The van der Waals surface area contributed by atoms with Gasteiger partial charge < -0.3 is 27.9 Å². The summed E-state index contributed by atoms with van der Waals surface area (Å²) in [6, 6.07) is 0. The van der Waals surface area contributed by atoms with Crippen molar-refractivity contribution in [2.24, 2.45) is 0 Å². The van der Waals surface area contributed by atoms with Gasteiger partial charge in [-0.05, 0) is 116 Å². The van der Waals surface area contributed by atoms with Gasteiger partial charge in [0.25, 0.3) is 7.82 Å². The first-order valence-electron chi connectivity index (χ1n) is 32.9. The molecule has 0 heterocycles. The number of phosphoric acid groups is 1. The summed E-state index contributed by atoms with van der Waals surface area (Å²) in [5, 5.41) is 0. The van der Waals surface area contributed by atoms with Crippen LogP contribution in [-0.4, -0.2) is 70.0 Å². The molecule has 0 spiro atoms. The molecule has 0 saturated carbocycles. The maximum atomic E-state index is 12.8. The summed E-state index contributed by atoms with van der Waals surface area (Å²) in [7, 11) is 1.14. The fourth-order valence-electron chi connectivity index (χ4n) is 8.62. The van der Waals surface area contributed by atoms with Gasteiger partial charge in [-0.15, -0.1) is 0 Å². The van der Waals surface area contributed by atoms with Crippen molar-refractivity contribution >= 4 is 19.8 Å². The Hall–Kier alpha value is -3.85. The number of carbonyl (C=O) groups is 2. The number of esters is 2. The van der Waals surface area contributed by atoms with Gasteiger partial charge in [-0.25, -0.2) is 0 Å². The van der Waals surface area contributed by atoms with E-state index in [-0.39, 0.29) is 26.1 Å². The lowest BCUT2D eigenvalue weighted by atomic mass is 10.0. The molecule has 0 bridgehead atoms. The number of rotatable bonds is 59. The molecule has 0 saturated heterocycles. The van der Waals surface area contributed by atoms with E-state index in [0.717, 1.165) is 128 Å². The van der Waals surface area contributed by atoms with E-state index in [2.05, 4.69) is 148 Å². The van der Waals surface area contributed by atoms with Crippen LogP contribution in [0.4, 0.5) is 0 Å². The third-order valence-electron chi connectivity index (χ3n) is 13.7. The zero-order valence-corrected chi connectivity index (χ0v) is 54.0. The van der Waals surface area contributed by atoms with E-state index in [1.54, 1.807) is 0 Å². The summed E-state index contributed by atoms with van der Waals surface area (Å²) in [4.78, 5) is 38.0. The molecule has 0 N–H and O–H groups in total. The molecule has 0 amide bonds. The number of likely N-dealkylation sites (N-methyl/N-ethyl adjacent to an activating group) is 1. The first-order valence-corrected chi connectivity index (χ1v) is 34.4. The number of phosphoric ester groups is 1. The molecule has 9 nitrogen and oxygen atoms in total. The molecule has 2 unspecified atom stereocenters. The molecule has 468 valence electrons. The summed E-state index contributed by atoms with van der Waals surface area (Å²) in [5.74, 6) is -0.854. The first kappa shape index (κ1) is 78.1. The van der Waals surface area contributed by atoms with Crippen LogP contribution >= 0.6 is 7.82 Å². The quantitative estimate of drug-likeness (QED) is 0.0195. The first-order chi connectivity index (χ1) is 40.0. The van der Waals surface area contributed by atoms with E-state index in [1.165, 1.54) is 89.9 Å². The Morgan fingerprint density at radius 1 is 0.390 bits per heavy atom. The second kappa shape index (κ2) is 61.7. The van der Waals surface area contributed by atoms with Crippen molar-refractivity contribution in [3.05, 3.63) is 134 Å². The van der Waals surface area contributed by atoms with Gasteiger partial charge in [-0.1, -0.05) is 263 Å². The maximum absolute atomic E-state index is 12.8. The van der Waals surface area contributed by atoms with Gasteiger partial charge in [0.15, 0.2) is 6.10 Å². The van der Waals surface area contributed by atoms with E-state index in [1.807, 2.05) is 21.1 Å². The predicted octanol–water partition coefficient (Wildman–Crippen LogP) is 20.6. The van der Waals surface area contributed by atoms with Crippen LogP contribution in [0, 0.1) is 0 Å². The highest BCUT2D eigenvalue weighted by Gasteiger charge is 2.22. The normalized spacial score (nSPS) is 14.1. The lowest BCUT2D eigenvalue weighted by Crippen LogP contribution is -2.37. The number of nitrogens with zero attached hydrogens (tertiary/aromatic N) is 1. The predicted molar refractivity (Wildman–Crippen MR) is 351 cm³/mol. The number of unbranched alkanes of at least 4 members (excludes halogenated alkanes) is 23. The Morgan fingerprint density at radius 3 is 1.04 bits per heavy atom. The average molecular weight is 1160 g/mol. The Balaban J connectivity index is 4.12. The topological polar surface area (TPSA) is 111 Å². The fourth-order valence-corrected chi connectivity index (χ4v) is 9.35. The van der Waals surface area contributed by atoms with E-state index >= 15 is 0 Å². The number of hydrogen-bond acceptors (Lipinski definition) is 8. The molecule has 0 aromatic carbocycles. The Kier molecular flexibility index (Phi) is 58.8. The molecular weight excluding hydrogens is 1040 g/mol. The van der Waals surface area contributed by atoms with Crippen LogP contribution < -0.4 is 4.89 Å². The number of hydrogen-bond donors (Lipinski definition) is 0. The summed E-state index contributed by atoms with van der Waals surface area (Å²) < 4.78 is 34.2. The lowest BCUT2D eigenvalue weighted by Gasteiger charge is -2.28. The monoisotopic (exact) mass is 1160 g/mol. The van der Waals surface area contributed by atoms with E-state index in [9.17, 15) is 19.0 Å². The SMILES string of the molecule is CC/C=C\C/C=C\C/C=C\C/C=C\C/C=C\C/C=C\C/C=C\C/C=C\CCCCCCCCCCCCCCC(=O)OC(COC(=O)CCCCCCCC/C=C\C/C=C\C/C=C\CCCCCCC)COP(=O)([O-])OCC[N+](C)(C)C. The maximum Gasteiger partial charge on any atom is 0.306 e. The number of ether oxygens (including phenoxy) is 2. The molecular formula is C72H122NO8P. The number of quaternary nitrogens is 1. The summed E-state index contributed by atoms with van der Waals surface area (Å²) >= 11 is 0. The van der Waals surface area contributed by atoms with E-state index in [0.29, 0.717) is 23.9 Å². The molecule has 82 heavy (non-hydrogen) atoms. The number of allylic oxidation sites excluding steroid dienone is 22. The minimum Gasteiger partial charge on any atom is -0.756 e. The zero-order valence-electron chi connectivity index (χ0n) is 53.1. The fraction of sp³-hybridized carbons (Fsp3) is 0.667. The van der Waals surface area contributed by atoms with E-state index in [4.69, 9.17) is 18.5 Å². The third-order valence-corrected chi connectivity index (χ3v) is 14.6. The van der Waals surface area contributed by atoms with Gasteiger partial charge in [-0.2, -0.15) is 0 Å². The Bertz CT molecular complexity index is 1850. The van der Waals surface area contributed by atoms with Gasteiger partial charge in [0.1, 0.15) is 19.8 Å². The van der Waals surface area contributed by atoms with Crippen LogP contribution in [0.5, 0.6) is 0 Å². The van der Waals surface area contributed by atoms with Gasteiger partial charge in [-0.3, -0.25) is 14.2 Å². The molecule has 0 aliphatic heterocycles. The van der Waals surface area contributed by atoms with E-state index < -0.39 is 32.5 Å². The highest BCUT2D eigenvalue weighted by Crippen LogP contribution is 2.38. The van der Waals surface area contributed by atoms with Crippen LogP contribution in [-0.2, 0) is 32.7 Å². The van der Waals surface area contributed by atoms with Crippen molar-refractivity contribution in [3.8, 4) is 0 Å². The molecule has 2 atom stereocenters. The minimum atomic E-state index is -4.65. The smallest absolute Gasteiger partial charge is 0.306 e. The van der Waals surface area contributed by atoms with Crippen LogP contribution in [0.15, 0.2) is 134 Å². The highest BCUT2D eigenvalue weighted by molar-refractivity contribution is 7.45. The third kappa shape index (κ3) is 65.3. The van der Waals surface area contributed by atoms with Gasteiger partial charge in [0.2, 0.25) is 0 Å². The molecule has 0 aromatic heterocycles. The van der Waals surface area contributed by atoms with Crippen molar-refractivity contribution < 1.29 is 42.1 Å². The highest BCUT2D eigenvalue weighted by atomic mass is 31.2. The summed E-state index contributed by atoms with van der Waals surface area (Å²) in [6.07, 6.45) is 89.4. The van der Waals surface area contributed by atoms with Crippen molar-refractivity contribution in [1.82, 2.24) is 0 Å². The van der Waals surface area contributed by atoms with Crippen molar-refractivity contribution in [2.45, 2.75) is 264 Å². The Labute approximate surface area is 504 Å². The summed E-state index contributed by atoms with van der Waals surface area (Å²) in [6.45, 7) is 4.09. The van der Waals surface area contributed by atoms with Crippen LogP contribution in [0.25, 0.3) is 0 Å². The molecule has 0 radical (unpaired) electrons. The average Bonchev–Trinajstić information content (AvgIpc) is 3.46. The van der Waals surface area contributed by atoms with Gasteiger partial charge in [0, 0.05) is 12.8 Å². The van der Waals surface area contributed by atoms with Crippen LogP contribution in [0.3, 0.4) is 0 Å².